The van der Waals surface area contributed by atoms with Gasteiger partial charge in [-0.2, -0.15) is 0 Å². The molecule has 0 spiro atoms. The van der Waals surface area contributed by atoms with Crippen molar-refractivity contribution in [2.24, 2.45) is 5.41 Å². The molecular weight excluding hydrogens is 374 g/mol. The molecule has 1 aromatic heterocycles. The van der Waals surface area contributed by atoms with E-state index in [0.29, 0.717) is 26.2 Å². The summed E-state index contributed by atoms with van der Waals surface area (Å²) in [4.78, 5) is 38.5. The van der Waals surface area contributed by atoms with E-state index >= 15 is 0 Å². The Morgan fingerprint density at radius 1 is 0.966 bits per heavy atom. The van der Waals surface area contributed by atoms with E-state index in [1.54, 1.807) is 0 Å². The number of epoxide rings is 2. The Kier molecular flexibility index (Phi) is 6.95. The van der Waals surface area contributed by atoms with E-state index in [2.05, 4.69) is 26.0 Å². The van der Waals surface area contributed by atoms with E-state index in [1.807, 2.05) is 6.92 Å². The SMILES string of the molecule is C/C=C\CC(C)(CCC)CCCn1c(=O)n(CC2CO2)c(=O)n(CC2CO2)c1=O. The minimum absolute atomic E-state index is 0.120. The molecule has 3 atom stereocenters. The predicted octanol–water partition coefficient (Wildman–Crippen LogP) is 1.52. The topological polar surface area (TPSA) is 91.1 Å². The van der Waals surface area contributed by atoms with Crippen LogP contribution < -0.4 is 17.1 Å². The van der Waals surface area contributed by atoms with E-state index in [-0.39, 0.29) is 30.7 Å². The van der Waals surface area contributed by atoms with Gasteiger partial charge in [-0.05, 0) is 38.0 Å². The number of hydrogen-bond donors (Lipinski definition) is 0. The zero-order chi connectivity index (χ0) is 21.0. The van der Waals surface area contributed by atoms with Gasteiger partial charge in [-0.3, -0.25) is 0 Å². The maximum atomic E-state index is 12.9. The van der Waals surface area contributed by atoms with Crippen molar-refractivity contribution in [1.29, 1.82) is 0 Å². The van der Waals surface area contributed by atoms with Gasteiger partial charge in [0.1, 0.15) is 0 Å². The molecule has 2 saturated heterocycles. The van der Waals surface area contributed by atoms with Crippen molar-refractivity contribution in [3.8, 4) is 0 Å². The molecule has 2 aliphatic heterocycles. The molecule has 0 radical (unpaired) electrons. The minimum Gasteiger partial charge on any atom is -0.371 e. The van der Waals surface area contributed by atoms with E-state index in [0.717, 1.165) is 34.8 Å². The van der Waals surface area contributed by atoms with Crippen molar-refractivity contribution >= 4 is 0 Å². The lowest BCUT2D eigenvalue weighted by Crippen LogP contribution is -2.55. The number of ether oxygens (including phenoxy) is 2. The minimum atomic E-state index is -0.564. The second-order valence-corrected chi connectivity index (χ2v) is 8.57. The van der Waals surface area contributed by atoms with Gasteiger partial charge in [0.15, 0.2) is 0 Å². The molecule has 3 unspecified atom stereocenters. The van der Waals surface area contributed by atoms with Crippen LogP contribution in [0, 0.1) is 5.41 Å². The van der Waals surface area contributed by atoms with Crippen molar-refractivity contribution in [3.63, 3.8) is 0 Å². The van der Waals surface area contributed by atoms with E-state index in [1.165, 1.54) is 4.57 Å². The number of rotatable bonds is 12. The second-order valence-electron chi connectivity index (χ2n) is 8.57. The first-order chi connectivity index (χ1) is 13.9. The van der Waals surface area contributed by atoms with Crippen molar-refractivity contribution in [1.82, 2.24) is 13.7 Å². The summed E-state index contributed by atoms with van der Waals surface area (Å²) in [6.45, 7) is 8.22. The highest BCUT2D eigenvalue weighted by Crippen LogP contribution is 2.33. The Morgan fingerprint density at radius 2 is 1.48 bits per heavy atom. The summed E-state index contributed by atoms with van der Waals surface area (Å²) in [5, 5.41) is 0. The van der Waals surface area contributed by atoms with Crippen LogP contribution in [0.2, 0.25) is 0 Å². The summed E-state index contributed by atoms with van der Waals surface area (Å²) >= 11 is 0. The van der Waals surface area contributed by atoms with Crippen molar-refractivity contribution in [2.45, 2.75) is 84.7 Å². The fraction of sp³-hybridized carbons (Fsp3) is 0.762. The molecule has 8 nitrogen and oxygen atoms in total. The van der Waals surface area contributed by atoms with Crippen LogP contribution in [0.1, 0.15) is 52.9 Å². The fourth-order valence-corrected chi connectivity index (χ4v) is 3.94. The fourth-order valence-electron chi connectivity index (χ4n) is 3.94. The number of allylic oxidation sites excluding steroid dienone is 2. The molecule has 0 aliphatic carbocycles. The Morgan fingerprint density at radius 3 is 1.93 bits per heavy atom. The molecule has 0 amide bonds. The predicted molar refractivity (Wildman–Crippen MR) is 110 cm³/mol. The van der Waals surface area contributed by atoms with Gasteiger partial charge in [0.25, 0.3) is 0 Å². The van der Waals surface area contributed by atoms with Crippen LogP contribution in [0.5, 0.6) is 0 Å². The third-order valence-corrected chi connectivity index (χ3v) is 5.82. The first-order valence-corrected chi connectivity index (χ1v) is 10.7. The van der Waals surface area contributed by atoms with Gasteiger partial charge in [0.05, 0.1) is 38.5 Å². The lowest BCUT2D eigenvalue weighted by molar-refractivity contribution is 0.255. The smallest absolute Gasteiger partial charge is 0.336 e. The van der Waals surface area contributed by atoms with Crippen LogP contribution >= 0.6 is 0 Å². The Labute approximate surface area is 170 Å². The standard InChI is InChI=1S/C21H33N3O5/c1-4-6-9-21(3,8-5-2)10-7-11-22-18(25)23(12-16-14-28-16)20(27)24(19(22)26)13-17-15-29-17/h4,6,16-17H,5,7-15H2,1-3H3/b6-4-. The zero-order valence-corrected chi connectivity index (χ0v) is 17.8. The molecule has 29 heavy (non-hydrogen) atoms. The van der Waals surface area contributed by atoms with Crippen molar-refractivity contribution in [2.75, 3.05) is 13.2 Å². The van der Waals surface area contributed by atoms with Crippen LogP contribution in [0.4, 0.5) is 0 Å². The first kappa shape index (κ1) is 21.8. The van der Waals surface area contributed by atoms with Gasteiger partial charge in [0.2, 0.25) is 0 Å². The number of hydrogen-bond acceptors (Lipinski definition) is 5. The number of aromatic nitrogens is 3. The average Bonchev–Trinajstić information content (AvgIpc) is 3.59. The lowest BCUT2D eigenvalue weighted by Gasteiger charge is -2.28. The Hall–Kier alpha value is -1.93. The van der Waals surface area contributed by atoms with E-state index in [4.69, 9.17) is 9.47 Å². The third kappa shape index (κ3) is 5.57. The summed E-state index contributed by atoms with van der Waals surface area (Å²) in [6, 6.07) is 0. The molecule has 162 valence electrons. The van der Waals surface area contributed by atoms with Gasteiger partial charge in [-0.15, -0.1) is 0 Å². The summed E-state index contributed by atoms with van der Waals surface area (Å²) in [7, 11) is 0. The maximum absolute atomic E-state index is 12.9. The highest BCUT2D eigenvalue weighted by Gasteiger charge is 2.29. The van der Waals surface area contributed by atoms with Gasteiger partial charge in [-0.1, -0.05) is 32.4 Å². The second kappa shape index (κ2) is 9.26. The lowest BCUT2D eigenvalue weighted by atomic mass is 9.78. The number of nitrogens with zero attached hydrogens (tertiary/aromatic N) is 3. The van der Waals surface area contributed by atoms with E-state index in [9.17, 15) is 14.4 Å². The first-order valence-electron chi connectivity index (χ1n) is 10.7. The zero-order valence-electron chi connectivity index (χ0n) is 17.8. The Balaban J connectivity index is 1.82. The van der Waals surface area contributed by atoms with Gasteiger partial charge >= 0.3 is 17.1 Å². The van der Waals surface area contributed by atoms with E-state index < -0.39 is 17.1 Å². The molecule has 8 heteroatoms. The molecule has 2 aliphatic rings. The summed E-state index contributed by atoms with van der Waals surface area (Å²) in [5.74, 6) is 0. The largest absolute Gasteiger partial charge is 0.371 e. The van der Waals surface area contributed by atoms with Gasteiger partial charge in [0, 0.05) is 6.54 Å². The molecule has 2 fully saturated rings. The molecule has 1 aromatic rings. The monoisotopic (exact) mass is 407 g/mol. The molecule has 3 heterocycles. The highest BCUT2D eigenvalue weighted by molar-refractivity contribution is 4.88. The molecular formula is C21H33N3O5. The van der Waals surface area contributed by atoms with Crippen LogP contribution in [-0.4, -0.2) is 39.1 Å². The molecule has 0 saturated carbocycles. The van der Waals surface area contributed by atoms with Crippen LogP contribution in [0.15, 0.2) is 26.5 Å². The molecule has 3 rings (SSSR count). The van der Waals surface area contributed by atoms with Crippen molar-refractivity contribution < 1.29 is 9.47 Å². The summed E-state index contributed by atoms with van der Waals surface area (Å²) in [5.41, 5.74) is -1.49. The third-order valence-electron chi connectivity index (χ3n) is 5.82. The van der Waals surface area contributed by atoms with Crippen LogP contribution in [0.25, 0.3) is 0 Å². The Bertz CT molecular complexity index is 852. The van der Waals surface area contributed by atoms with Crippen molar-refractivity contribution in [3.05, 3.63) is 43.6 Å². The van der Waals surface area contributed by atoms with Gasteiger partial charge < -0.3 is 9.47 Å². The molecule has 0 bridgehead atoms. The average molecular weight is 408 g/mol. The summed E-state index contributed by atoms with van der Waals surface area (Å²) in [6.07, 6.45) is 8.79. The maximum Gasteiger partial charge on any atom is 0.336 e. The quantitative estimate of drug-likeness (QED) is 0.387. The van der Waals surface area contributed by atoms with Gasteiger partial charge in [-0.25, -0.2) is 28.1 Å². The molecule has 0 N–H and O–H groups in total. The highest BCUT2D eigenvalue weighted by atomic mass is 16.6. The summed E-state index contributed by atoms with van der Waals surface area (Å²) < 4.78 is 13.9. The normalized spacial score (nSPS) is 22.7. The molecule has 0 aromatic carbocycles. The van der Waals surface area contributed by atoms with Crippen LogP contribution in [-0.2, 0) is 29.1 Å². The van der Waals surface area contributed by atoms with Crippen LogP contribution in [0.3, 0.4) is 0 Å².